The monoisotopic (exact) mass is 309 g/mol. The molecular weight excluding hydrogens is 290 g/mol. The summed E-state index contributed by atoms with van der Waals surface area (Å²) in [6.07, 6.45) is 0.740. The predicted molar refractivity (Wildman–Crippen MR) is 78.7 cm³/mol. The number of aliphatic hydroxyl groups is 1. The van der Waals surface area contributed by atoms with E-state index in [9.17, 15) is 8.42 Å². The van der Waals surface area contributed by atoms with Gasteiger partial charge in [-0.1, -0.05) is 30.3 Å². The van der Waals surface area contributed by atoms with E-state index >= 15 is 0 Å². The highest BCUT2D eigenvalue weighted by Crippen LogP contribution is 2.14. The van der Waals surface area contributed by atoms with E-state index in [1.54, 1.807) is 4.57 Å². The van der Waals surface area contributed by atoms with E-state index in [0.29, 0.717) is 18.8 Å². The van der Waals surface area contributed by atoms with Crippen LogP contribution in [0.3, 0.4) is 0 Å². The summed E-state index contributed by atoms with van der Waals surface area (Å²) in [5.74, 6) is 0.513. The smallest absolute Gasteiger partial charge is 0.249 e. The predicted octanol–water partition coefficient (Wildman–Crippen LogP) is 1.04. The van der Waals surface area contributed by atoms with E-state index in [-0.39, 0.29) is 23.9 Å². The van der Waals surface area contributed by atoms with Gasteiger partial charge in [0.25, 0.3) is 0 Å². The first kappa shape index (κ1) is 15.7. The van der Waals surface area contributed by atoms with Gasteiger partial charge in [0.05, 0.1) is 5.75 Å². The second-order valence-electron chi connectivity index (χ2n) is 4.70. The van der Waals surface area contributed by atoms with Gasteiger partial charge in [0.15, 0.2) is 0 Å². The van der Waals surface area contributed by atoms with Crippen molar-refractivity contribution in [2.24, 2.45) is 0 Å². The zero-order valence-electron chi connectivity index (χ0n) is 11.9. The molecule has 7 heteroatoms. The van der Waals surface area contributed by atoms with Gasteiger partial charge < -0.3 is 9.67 Å². The number of aromatic nitrogens is 3. The molecular formula is C14H19N3O3S. The van der Waals surface area contributed by atoms with Crippen LogP contribution in [0.25, 0.3) is 0 Å². The van der Waals surface area contributed by atoms with Crippen molar-refractivity contribution < 1.29 is 13.5 Å². The van der Waals surface area contributed by atoms with Crippen molar-refractivity contribution in [3.05, 3.63) is 41.7 Å². The molecule has 114 valence electrons. The Morgan fingerprint density at radius 3 is 2.52 bits per heavy atom. The third-order valence-electron chi connectivity index (χ3n) is 3.16. The Morgan fingerprint density at radius 1 is 1.19 bits per heavy atom. The van der Waals surface area contributed by atoms with Crippen LogP contribution >= 0.6 is 0 Å². The lowest BCUT2D eigenvalue weighted by atomic mass is 10.1. The SMILES string of the molecule is CCn1c(Cc2ccccc2)nnc1S(=O)(=O)CCCO. The topological polar surface area (TPSA) is 85.1 Å². The third-order valence-corrected chi connectivity index (χ3v) is 4.85. The van der Waals surface area contributed by atoms with Crippen LogP contribution < -0.4 is 0 Å². The van der Waals surface area contributed by atoms with E-state index in [4.69, 9.17) is 5.11 Å². The van der Waals surface area contributed by atoms with Gasteiger partial charge in [-0.25, -0.2) is 8.42 Å². The zero-order chi connectivity index (χ0) is 15.3. The summed E-state index contributed by atoms with van der Waals surface area (Å²) >= 11 is 0. The van der Waals surface area contributed by atoms with Crippen LogP contribution in [-0.4, -0.2) is 40.6 Å². The van der Waals surface area contributed by atoms with Crippen molar-refractivity contribution in [1.29, 1.82) is 0 Å². The maximum atomic E-state index is 12.2. The van der Waals surface area contributed by atoms with Gasteiger partial charge in [0.1, 0.15) is 5.82 Å². The molecule has 0 aliphatic rings. The third kappa shape index (κ3) is 3.68. The molecule has 1 heterocycles. The Bertz CT molecular complexity index is 681. The summed E-state index contributed by atoms with van der Waals surface area (Å²) in [6, 6.07) is 9.73. The Morgan fingerprint density at radius 2 is 1.90 bits per heavy atom. The number of sulfone groups is 1. The first-order chi connectivity index (χ1) is 10.1. The lowest BCUT2D eigenvalue weighted by Gasteiger charge is -2.08. The van der Waals surface area contributed by atoms with Gasteiger partial charge in [-0.3, -0.25) is 0 Å². The van der Waals surface area contributed by atoms with Crippen LogP contribution in [0.5, 0.6) is 0 Å². The standard InChI is InChI=1S/C14H19N3O3S/c1-2-17-13(11-12-7-4-3-5-8-12)15-16-14(17)21(19,20)10-6-9-18/h3-5,7-8,18H,2,6,9-11H2,1H3. The molecule has 0 radical (unpaired) electrons. The number of rotatable bonds is 7. The normalized spacial score (nSPS) is 11.7. The summed E-state index contributed by atoms with van der Waals surface area (Å²) in [5, 5.41) is 16.7. The van der Waals surface area contributed by atoms with Gasteiger partial charge in [-0.2, -0.15) is 0 Å². The minimum absolute atomic E-state index is 0.00983. The zero-order valence-corrected chi connectivity index (χ0v) is 12.8. The van der Waals surface area contributed by atoms with Crippen molar-refractivity contribution in [3.8, 4) is 0 Å². The lowest BCUT2D eigenvalue weighted by molar-refractivity contribution is 0.295. The highest BCUT2D eigenvalue weighted by atomic mass is 32.2. The Labute approximate surface area is 124 Å². The second kappa shape index (κ2) is 6.82. The highest BCUT2D eigenvalue weighted by molar-refractivity contribution is 7.91. The Balaban J connectivity index is 2.30. The molecule has 1 aromatic carbocycles. The van der Waals surface area contributed by atoms with Crippen LogP contribution in [0.1, 0.15) is 24.7 Å². The van der Waals surface area contributed by atoms with E-state index < -0.39 is 9.84 Å². The molecule has 0 bridgehead atoms. The molecule has 0 amide bonds. The van der Waals surface area contributed by atoms with Gasteiger partial charge >= 0.3 is 0 Å². The lowest BCUT2D eigenvalue weighted by Crippen LogP contribution is -2.16. The summed E-state index contributed by atoms with van der Waals surface area (Å²) < 4.78 is 26.0. The summed E-state index contributed by atoms with van der Waals surface area (Å²) in [7, 11) is -3.51. The first-order valence-electron chi connectivity index (χ1n) is 6.88. The van der Waals surface area contributed by atoms with Crippen LogP contribution in [0, 0.1) is 0 Å². The molecule has 6 nitrogen and oxygen atoms in total. The Hall–Kier alpha value is -1.73. The van der Waals surface area contributed by atoms with E-state index in [0.717, 1.165) is 5.56 Å². The summed E-state index contributed by atoms with van der Waals surface area (Å²) in [6.45, 7) is 2.20. The van der Waals surface area contributed by atoms with Crippen molar-refractivity contribution in [2.75, 3.05) is 12.4 Å². The molecule has 21 heavy (non-hydrogen) atoms. The fraction of sp³-hybridized carbons (Fsp3) is 0.429. The largest absolute Gasteiger partial charge is 0.396 e. The van der Waals surface area contributed by atoms with Gasteiger partial charge in [-0.15, -0.1) is 10.2 Å². The fourth-order valence-corrected chi connectivity index (χ4v) is 3.55. The number of benzene rings is 1. The average molecular weight is 309 g/mol. The van der Waals surface area contributed by atoms with Crippen LogP contribution in [0.4, 0.5) is 0 Å². The number of aliphatic hydroxyl groups excluding tert-OH is 1. The molecule has 0 saturated carbocycles. The summed E-state index contributed by atoms with van der Waals surface area (Å²) in [4.78, 5) is 0. The second-order valence-corrected chi connectivity index (χ2v) is 6.70. The van der Waals surface area contributed by atoms with Crippen molar-refractivity contribution >= 4 is 9.84 Å². The number of hydrogen-bond acceptors (Lipinski definition) is 5. The molecule has 0 aliphatic carbocycles. The molecule has 2 aromatic rings. The van der Waals surface area contributed by atoms with Gasteiger partial charge in [0, 0.05) is 19.6 Å². The summed E-state index contributed by atoms with van der Waals surface area (Å²) in [5.41, 5.74) is 1.05. The van der Waals surface area contributed by atoms with E-state index in [1.165, 1.54) is 0 Å². The maximum Gasteiger partial charge on any atom is 0.249 e. The molecule has 0 unspecified atom stereocenters. The minimum Gasteiger partial charge on any atom is -0.396 e. The Kier molecular flexibility index (Phi) is 5.08. The van der Waals surface area contributed by atoms with E-state index in [1.807, 2.05) is 37.3 Å². The fourth-order valence-electron chi connectivity index (χ4n) is 2.12. The van der Waals surface area contributed by atoms with Crippen molar-refractivity contribution in [1.82, 2.24) is 14.8 Å². The molecule has 0 saturated heterocycles. The number of hydrogen-bond donors (Lipinski definition) is 1. The van der Waals surface area contributed by atoms with Crippen LogP contribution in [0.2, 0.25) is 0 Å². The number of nitrogens with zero attached hydrogens (tertiary/aromatic N) is 3. The average Bonchev–Trinajstić information content (AvgIpc) is 2.90. The molecule has 1 aromatic heterocycles. The van der Waals surface area contributed by atoms with Crippen LogP contribution in [0.15, 0.2) is 35.5 Å². The molecule has 1 N–H and O–H groups in total. The van der Waals surface area contributed by atoms with Gasteiger partial charge in [0.2, 0.25) is 15.0 Å². The van der Waals surface area contributed by atoms with Gasteiger partial charge in [-0.05, 0) is 18.9 Å². The van der Waals surface area contributed by atoms with Crippen LogP contribution in [-0.2, 0) is 22.8 Å². The molecule has 0 aliphatic heterocycles. The van der Waals surface area contributed by atoms with Crippen molar-refractivity contribution in [3.63, 3.8) is 0 Å². The molecule has 0 atom stereocenters. The maximum absolute atomic E-state index is 12.2. The van der Waals surface area contributed by atoms with E-state index in [2.05, 4.69) is 10.2 Å². The highest BCUT2D eigenvalue weighted by Gasteiger charge is 2.23. The molecule has 0 fully saturated rings. The molecule has 2 rings (SSSR count). The van der Waals surface area contributed by atoms with Crippen molar-refractivity contribution in [2.45, 2.75) is 31.5 Å². The first-order valence-corrected chi connectivity index (χ1v) is 8.53. The molecule has 0 spiro atoms. The minimum atomic E-state index is -3.51. The quantitative estimate of drug-likeness (QED) is 0.826.